The van der Waals surface area contributed by atoms with E-state index in [1.165, 1.54) is 12.1 Å². The van der Waals surface area contributed by atoms with Gasteiger partial charge in [-0.3, -0.25) is 9.59 Å². The van der Waals surface area contributed by atoms with Crippen molar-refractivity contribution in [2.24, 2.45) is 5.92 Å². The number of hydrogen-bond donors (Lipinski definition) is 3. The highest BCUT2D eigenvalue weighted by atomic mass is 32.2. The molecule has 0 unspecified atom stereocenters. The summed E-state index contributed by atoms with van der Waals surface area (Å²) in [5.74, 6) is -1.46. The van der Waals surface area contributed by atoms with Crippen LogP contribution in [0.3, 0.4) is 0 Å². The van der Waals surface area contributed by atoms with Gasteiger partial charge in [-0.15, -0.1) is 0 Å². The number of hydrogen-bond acceptors (Lipinski definition) is 4. The van der Waals surface area contributed by atoms with Crippen molar-refractivity contribution in [3.05, 3.63) is 29.3 Å². The highest BCUT2D eigenvalue weighted by Gasteiger charge is 2.27. The zero-order chi connectivity index (χ0) is 18.6. The molecule has 2 rings (SSSR count). The minimum absolute atomic E-state index is 0.0553. The van der Waals surface area contributed by atoms with E-state index in [0.717, 1.165) is 0 Å². The Bertz CT molecular complexity index is 752. The molecule has 0 atom stereocenters. The van der Waals surface area contributed by atoms with Gasteiger partial charge in [0, 0.05) is 18.2 Å². The molecular formula is C17H24N2O5S. The van der Waals surface area contributed by atoms with E-state index < -0.39 is 16.0 Å². The number of carboxylic acid groups (broad SMARTS) is 1. The highest BCUT2D eigenvalue weighted by molar-refractivity contribution is 7.89. The monoisotopic (exact) mass is 368 g/mol. The summed E-state index contributed by atoms with van der Waals surface area (Å²) < 4.78 is 26.6. The summed E-state index contributed by atoms with van der Waals surface area (Å²) in [6, 6.07) is 4.38. The van der Waals surface area contributed by atoms with E-state index in [2.05, 4.69) is 10.0 Å². The van der Waals surface area contributed by atoms with Crippen molar-refractivity contribution in [1.29, 1.82) is 0 Å². The predicted molar refractivity (Wildman–Crippen MR) is 92.9 cm³/mol. The molecule has 0 aliphatic heterocycles. The van der Waals surface area contributed by atoms with Crippen molar-refractivity contribution >= 4 is 21.9 Å². The largest absolute Gasteiger partial charge is 0.481 e. The molecule has 1 aliphatic carbocycles. The Hall–Kier alpha value is -1.93. The van der Waals surface area contributed by atoms with Gasteiger partial charge in [0.25, 0.3) is 5.91 Å². The summed E-state index contributed by atoms with van der Waals surface area (Å²) in [6.45, 7) is 3.71. The minimum atomic E-state index is -3.63. The zero-order valence-electron chi connectivity index (χ0n) is 14.4. The Kier molecular flexibility index (Phi) is 6.18. The van der Waals surface area contributed by atoms with Crippen LogP contribution >= 0.6 is 0 Å². The molecule has 8 heteroatoms. The second-order valence-electron chi connectivity index (χ2n) is 6.34. The Balaban J connectivity index is 2.10. The molecule has 0 spiro atoms. The van der Waals surface area contributed by atoms with E-state index in [9.17, 15) is 18.0 Å². The fraction of sp³-hybridized carbons (Fsp3) is 0.529. The molecule has 7 nitrogen and oxygen atoms in total. The van der Waals surface area contributed by atoms with Gasteiger partial charge in [0.15, 0.2) is 0 Å². The van der Waals surface area contributed by atoms with E-state index in [1.54, 1.807) is 19.9 Å². The average molecular weight is 368 g/mol. The van der Waals surface area contributed by atoms with Gasteiger partial charge in [0.05, 0.1) is 10.8 Å². The van der Waals surface area contributed by atoms with Crippen molar-refractivity contribution < 1.29 is 23.1 Å². The van der Waals surface area contributed by atoms with Crippen molar-refractivity contribution in [3.63, 3.8) is 0 Å². The van der Waals surface area contributed by atoms with Crippen LogP contribution in [0.2, 0.25) is 0 Å². The smallest absolute Gasteiger partial charge is 0.306 e. The van der Waals surface area contributed by atoms with Gasteiger partial charge in [0.2, 0.25) is 10.0 Å². The minimum Gasteiger partial charge on any atom is -0.481 e. The predicted octanol–water partition coefficient (Wildman–Crippen LogP) is 1.67. The molecule has 1 aromatic rings. The lowest BCUT2D eigenvalue weighted by molar-refractivity contribution is -0.142. The number of amides is 1. The third-order valence-corrected chi connectivity index (χ3v) is 6.05. The molecule has 0 saturated heterocycles. The Morgan fingerprint density at radius 1 is 1.20 bits per heavy atom. The molecule has 3 N–H and O–H groups in total. The third-order valence-electron chi connectivity index (χ3n) is 4.51. The van der Waals surface area contributed by atoms with Crippen LogP contribution in [0.4, 0.5) is 0 Å². The molecule has 1 fully saturated rings. The summed E-state index contributed by atoms with van der Waals surface area (Å²) >= 11 is 0. The van der Waals surface area contributed by atoms with Crippen LogP contribution in [0.5, 0.6) is 0 Å². The van der Waals surface area contributed by atoms with Crippen LogP contribution in [0.25, 0.3) is 0 Å². The first-order chi connectivity index (χ1) is 11.7. The van der Waals surface area contributed by atoms with E-state index in [1.807, 2.05) is 0 Å². The fourth-order valence-corrected chi connectivity index (χ4v) is 4.10. The molecule has 0 radical (unpaired) electrons. The van der Waals surface area contributed by atoms with Crippen molar-refractivity contribution in [1.82, 2.24) is 10.0 Å². The van der Waals surface area contributed by atoms with Gasteiger partial charge in [-0.1, -0.05) is 13.0 Å². The molecule has 0 heterocycles. The van der Waals surface area contributed by atoms with Crippen molar-refractivity contribution in [2.75, 3.05) is 6.54 Å². The van der Waals surface area contributed by atoms with Crippen LogP contribution in [0.15, 0.2) is 23.1 Å². The number of aryl methyl sites for hydroxylation is 1. The number of benzene rings is 1. The van der Waals surface area contributed by atoms with Crippen LogP contribution < -0.4 is 10.0 Å². The highest BCUT2D eigenvalue weighted by Crippen LogP contribution is 2.25. The quantitative estimate of drug-likeness (QED) is 0.707. The first-order valence-corrected chi connectivity index (χ1v) is 9.87. The summed E-state index contributed by atoms with van der Waals surface area (Å²) in [6.07, 6.45) is 2.29. The number of nitrogens with one attached hydrogen (secondary N) is 2. The fourth-order valence-electron chi connectivity index (χ4n) is 3.03. The zero-order valence-corrected chi connectivity index (χ0v) is 15.2. The third kappa shape index (κ3) is 4.79. The van der Waals surface area contributed by atoms with E-state index >= 15 is 0 Å². The summed E-state index contributed by atoms with van der Waals surface area (Å²) in [5.41, 5.74) is 1.01. The maximum atomic E-state index is 12.5. The van der Waals surface area contributed by atoms with E-state index in [-0.39, 0.29) is 29.3 Å². The van der Waals surface area contributed by atoms with Gasteiger partial charge in [-0.05, 0) is 50.3 Å². The molecule has 1 aliphatic rings. The number of carboxylic acids is 1. The van der Waals surface area contributed by atoms with Gasteiger partial charge < -0.3 is 10.4 Å². The molecule has 25 heavy (non-hydrogen) atoms. The second kappa shape index (κ2) is 7.97. The number of aliphatic carboxylic acids is 1. The standard InChI is InChI=1S/C17H24N2O5S/c1-3-18-25(23,24)14-9-4-11(2)15(10-14)16(20)19-13-7-5-12(6-8-13)17(21)22/h4,9-10,12-13,18H,3,5-8H2,1-2H3,(H,19,20)(H,21,22). The molecule has 138 valence electrons. The second-order valence-corrected chi connectivity index (χ2v) is 8.11. The average Bonchev–Trinajstić information content (AvgIpc) is 2.55. The number of carbonyl (C=O) groups excluding carboxylic acids is 1. The number of rotatable bonds is 6. The lowest BCUT2D eigenvalue weighted by Crippen LogP contribution is -2.39. The van der Waals surface area contributed by atoms with Crippen LogP contribution in [-0.4, -0.2) is 38.0 Å². The lowest BCUT2D eigenvalue weighted by Gasteiger charge is -2.27. The van der Waals surface area contributed by atoms with E-state index in [0.29, 0.717) is 36.8 Å². The lowest BCUT2D eigenvalue weighted by atomic mass is 9.86. The Labute approximate surface area is 147 Å². The van der Waals surface area contributed by atoms with Crippen molar-refractivity contribution in [3.8, 4) is 0 Å². The van der Waals surface area contributed by atoms with Crippen LogP contribution in [-0.2, 0) is 14.8 Å². The number of carbonyl (C=O) groups is 2. The molecule has 0 aromatic heterocycles. The van der Waals surface area contributed by atoms with Gasteiger partial charge >= 0.3 is 5.97 Å². The van der Waals surface area contributed by atoms with Gasteiger partial charge in [0.1, 0.15) is 0 Å². The van der Waals surface area contributed by atoms with Crippen molar-refractivity contribution in [2.45, 2.75) is 50.5 Å². The molecule has 1 saturated carbocycles. The maximum Gasteiger partial charge on any atom is 0.306 e. The normalized spacial score (nSPS) is 20.9. The Morgan fingerprint density at radius 2 is 1.84 bits per heavy atom. The molecule has 0 bridgehead atoms. The summed E-state index contributed by atoms with van der Waals surface area (Å²) in [4.78, 5) is 23.6. The summed E-state index contributed by atoms with van der Waals surface area (Å²) in [5, 5.41) is 11.9. The molecule has 1 aromatic carbocycles. The number of sulfonamides is 1. The first-order valence-electron chi connectivity index (χ1n) is 8.38. The maximum absolute atomic E-state index is 12.5. The first kappa shape index (κ1) is 19.4. The van der Waals surface area contributed by atoms with Gasteiger partial charge in [-0.25, -0.2) is 13.1 Å². The van der Waals surface area contributed by atoms with E-state index in [4.69, 9.17) is 5.11 Å². The Morgan fingerprint density at radius 3 is 2.40 bits per heavy atom. The SMILES string of the molecule is CCNS(=O)(=O)c1ccc(C)c(C(=O)NC2CCC(C(=O)O)CC2)c1. The topological polar surface area (TPSA) is 113 Å². The van der Waals surface area contributed by atoms with Crippen LogP contribution in [0, 0.1) is 12.8 Å². The molecular weight excluding hydrogens is 344 g/mol. The summed E-state index contributed by atoms with van der Waals surface area (Å²) in [7, 11) is -3.63. The van der Waals surface area contributed by atoms with Crippen LogP contribution in [0.1, 0.15) is 48.5 Å². The molecule has 1 amide bonds. The van der Waals surface area contributed by atoms with Gasteiger partial charge in [-0.2, -0.15) is 0 Å².